The van der Waals surface area contributed by atoms with Crippen LogP contribution in [0.4, 0.5) is 5.69 Å². The van der Waals surface area contributed by atoms with Gasteiger partial charge in [-0.2, -0.15) is 0 Å². The Bertz CT molecular complexity index is 1380. The number of hydrogen-bond acceptors (Lipinski definition) is 6. The van der Waals surface area contributed by atoms with Crippen LogP contribution < -0.4 is 25.2 Å². The van der Waals surface area contributed by atoms with Crippen LogP contribution in [0.15, 0.2) is 82.0 Å². The van der Waals surface area contributed by atoms with Crippen LogP contribution in [-0.4, -0.2) is 26.2 Å². The highest BCUT2D eigenvalue weighted by atomic mass is 16.5. The molecule has 1 aliphatic rings. The minimum absolute atomic E-state index is 0.328. The van der Waals surface area contributed by atoms with Crippen LogP contribution >= 0.6 is 0 Å². The Morgan fingerprint density at radius 2 is 1.52 bits per heavy atom. The van der Waals surface area contributed by atoms with Gasteiger partial charge in [0.05, 0.1) is 31.1 Å². The third-order valence-corrected chi connectivity index (χ3v) is 5.75. The maximum absolute atomic E-state index is 13.4. The molecule has 0 saturated carbocycles. The minimum atomic E-state index is -0.968. The molecule has 2 atom stereocenters. The van der Waals surface area contributed by atoms with Crippen LogP contribution in [0.1, 0.15) is 17.0 Å². The van der Waals surface area contributed by atoms with Crippen molar-refractivity contribution < 1.29 is 23.4 Å². The van der Waals surface area contributed by atoms with E-state index in [1.165, 1.54) is 0 Å². The Morgan fingerprint density at radius 3 is 2.18 bits per heavy atom. The van der Waals surface area contributed by atoms with Crippen LogP contribution in [0.2, 0.25) is 0 Å². The van der Waals surface area contributed by atoms with E-state index < -0.39 is 17.6 Å². The van der Waals surface area contributed by atoms with Gasteiger partial charge in [-0.05, 0) is 54.1 Å². The van der Waals surface area contributed by atoms with Gasteiger partial charge in [0, 0.05) is 5.69 Å². The average molecular weight is 443 g/mol. The first kappa shape index (κ1) is 20.6. The van der Waals surface area contributed by atoms with E-state index in [-0.39, 0.29) is 5.91 Å². The largest absolute Gasteiger partial charge is 0.497 e. The highest BCUT2D eigenvalue weighted by Crippen LogP contribution is 2.44. The highest BCUT2D eigenvalue weighted by Gasteiger charge is 2.44. The summed E-state index contributed by atoms with van der Waals surface area (Å²) in [5, 5.41) is 3.53. The monoisotopic (exact) mass is 443 g/mol. The number of para-hydroxylation sites is 1. The first-order valence-corrected chi connectivity index (χ1v) is 10.4. The molecule has 4 aromatic rings. The first-order valence-electron chi connectivity index (χ1n) is 10.4. The molecule has 1 aromatic heterocycles. The fraction of sp³-hybridized carbons (Fsp3) is 0.154. The summed E-state index contributed by atoms with van der Waals surface area (Å²) in [6.07, 6.45) is -0.968. The van der Waals surface area contributed by atoms with E-state index in [0.29, 0.717) is 39.5 Å². The van der Waals surface area contributed by atoms with E-state index in [9.17, 15) is 9.59 Å². The second-order valence-corrected chi connectivity index (χ2v) is 7.64. The van der Waals surface area contributed by atoms with Crippen molar-refractivity contribution in [3.63, 3.8) is 0 Å². The van der Waals surface area contributed by atoms with Gasteiger partial charge in [0.25, 0.3) is 5.91 Å². The maximum Gasteiger partial charge on any atom is 0.344 e. The molecule has 1 N–H and O–H groups in total. The van der Waals surface area contributed by atoms with E-state index in [1.54, 1.807) is 62.8 Å². The summed E-state index contributed by atoms with van der Waals surface area (Å²) >= 11 is 0. The van der Waals surface area contributed by atoms with Crippen molar-refractivity contribution in [1.29, 1.82) is 0 Å². The zero-order chi connectivity index (χ0) is 22.9. The van der Waals surface area contributed by atoms with Gasteiger partial charge in [0.15, 0.2) is 6.10 Å². The topological polar surface area (TPSA) is 87.0 Å². The lowest BCUT2D eigenvalue weighted by Crippen LogP contribution is -2.35. The third kappa shape index (κ3) is 3.67. The summed E-state index contributed by atoms with van der Waals surface area (Å²) < 4.78 is 22.2. The standard InChI is InChI=1S/C26H21NO6/c1-30-17-11-7-15(8-12-17)21-22-23(19-5-3-4-6-20(19)32-26(22)29)33-24(21)25(28)27-16-9-13-18(31-2)14-10-16/h3-14,21,24H,1-2H3,(H,27,28)/t21-,24+/m0/s1. The lowest BCUT2D eigenvalue weighted by Gasteiger charge is -2.19. The van der Waals surface area contributed by atoms with E-state index in [2.05, 4.69) is 5.32 Å². The number of benzene rings is 3. The molecule has 5 rings (SSSR count). The normalized spacial score (nSPS) is 16.7. The van der Waals surface area contributed by atoms with Gasteiger partial charge in [0.1, 0.15) is 22.8 Å². The number of rotatable bonds is 5. The Labute approximate surface area is 189 Å². The zero-order valence-corrected chi connectivity index (χ0v) is 18.0. The van der Waals surface area contributed by atoms with Crippen LogP contribution in [0.25, 0.3) is 11.0 Å². The van der Waals surface area contributed by atoms with Gasteiger partial charge >= 0.3 is 5.63 Å². The quantitative estimate of drug-likeness (QED) is 0.462. The number of methoxy groups -OCH3 is 2. The predicted octanol–water partition coefficient (Wildman–Crippen LogP) is 4.34. The van der Waals surface area contributed by atoms with Crippen molar-refractivity contribution in [2.75, 3.05) is 19.5 Å². The predicted molar refractivity (Wildman–Crippen MR) is 123 cm³/mol. The second-order valence-electron chi connectivity index (χ2n) is 7.64. The molecule has 0 saturated heterocycles. The zero-order valence-electron chi connectivity index (χ0n) is 18.0. The molecule has 0 unspecified atom stereocenters. The number of fused-ring (bicyclic) bond motifs is 3. The molecule has 0 bridgehead atoms. The molecule has 166 valence electrons. The SMILES string of the molecule is COc1ccc(NC(=O)[C@@H]2Oc3c(c(=O)oc4ccccc34)[C@@H]2c2ccc(OC)cc2)cc1. The number of carbonyl (C=O) groups excluding carboxylic acids is 1. The van der Waals surface area contributed by atoms with Gasteiger partial charge in [-0.25, -0.2) is 4.79 Å². The van der Waals surface area contributed by atoms with E-state index in [1.807, 2.05) is 24.3 Å². The molecular formula is C26H21NO6. The molecule has 1 aliphatic heterocycles. The van der Waals surface area contributed by atoms with Crippen molar-refractivity contribution in [2.24, 2.45) is 0 Å². The van der Waals surface area contributed by atoms with Crippen LogP contribution in [-0.2, 0) is 4.79 Å². The number of amides is 1. The van der Waals surface area contributed by atoms with E-state index in [0.717, 1.165) is 5.56 Å². The molecule has 1 amide bonds. The molecular weight excluding hydrogens is 422 g/mol. The smallest absolute Gasteiger partial charge is 0.344 e. The Hall–Kier alpha value is -4.26. The van der Waals surface area contributed by atoms with Crippen molar-refractivity contribution in [2.45, 2.75) is 12.0 Å². The Balaban J connectivity index is 1.59. The van der Waals surface area contributed by atoms with Crippen molar-refractivity contribution in [1.82, 2.24) is 0 Å². The lowest BCUT2D eigenvalue weighted by molar-refractivity contribution is -0.122. The van der Waals surface area contributed by atoms with Gasteiger partial charge in [0.2, 0.25) is 0 Å². The molecule has 0 fully saturated rings. The minimum Gasteiger partial charge on any atom is -0.497 e. The van der Waals surface area contributed by atoms with Crippen molar-refractivity contribution in [3.8, 4) is 17.2 Å². The van der Waals surface area contributed by atoms with Crippen LogP contribution in [0.5, 0.6) is 17.2 Å². The number of anilines is 1. The molecule has 7 heteroatoms. The lowest BCUT2D eigenvalue weighted by atomic mass is 9.88. The van der Waals surface area contributed by atoms with Gasteiger partial charge in [-0.15, -0.1) is 0 Å². The first-order chi connectivity index (χ1) is 16.1. The highest BCUT2D eigenvalue weighted by molar-refractivity contribution is 5.97. The van der Waals surface area contributed by atoms with Gasteiger partial charge < -0.3 is 23.9 Å². The summed E-state index contributed by atoms with van der Waals surface area (Å²) in [7, 11) is 3.15. The fourth-order valence-corrected chi connectivity index (χ4v) is 4.12. The molecule has 2 heterocycles. The summed E-state index contributed by atoms with van der Waals surface area (Å²) in [5.74, 6) is 0.698. The summed E-state index contributed by atoms with van der Waals surface area (Å²) in [4.78, 5) is 26.4. The third-order valence-electron chi connectivity index (χ3n) is 5.75. The number of ether oxygens (including phenoxy) is 3. The van der Waals surface area contributed by atoms with Crippen LogP contribution in [0.3, 0.4) is 0 Å². The van der Waals surface area contributed by atoms with Crippen molar-refractivity contribution in [3.05, 3.63) is 94.3 Å². The van der Waals surface area contributed by atoms with Crippen LogP contribution in [0, 0.1) is 0 Å². The molecule has 3 aromatic carbocycles. The fourth-order valence-electron chi connectivity index (χ4n) is 4.12. The number of nitrogens with one attached hydrogen (secondary N) is 1. The molecule has 0 spiro atoms. The summed E-state index contributed by atoms with van der Waals surface area (Å²) in [6.45, 7) is 0. The molecule has 33 heavy (non-hydrogen) atoms. The number of carbonyl (C=O) groups is 1. The average Bonchev–Trinajstić information content (AvgIpc) is 3.26. The Morgan fingerprint density at radius 1 is 0.879 bits per heavy atom. The molecule has 7 nitrogen and oxygen atoms in total. The molecule has 0 radical (unpaired) electrons. The second kappa shape index (κ2) is 8.35. The van der Waals surface area contributed by atoms with Gasteiger partial charge in [-0.1, -0.05) is 24.3 Å². The Kier molecular flexibility index (Phi) is 5.22. The molecule has 0 aliphatic carbocycles. The van der Waals surface area contributed by atoms with E-state index >= 15 is 0 Å². The van der Waals surface area contributed by atoms with Crippen molar-refractivity contribution >= 4 is 22.6 Å². The number of hydrogen-bond donors (Lipinski definition) is 1. The summed E-state index contributed by atoms with van der Waals surface area (Å²) in [6, 6.07) is 21.3. The summed E-state index contributed by atoms with van der Waals surface area (Å²) in [5.41, 5.74) is 1.54. The van der Waals surface area contributed by atoms with Gasteiger partial charge in [-0.3, -0.25) is 4.79 Å². The van der Waals surface area contributed by atoms with E-state index in [4.69, 9.17) is 18.6 Å². The maximum atomic E-state index is 13.4.